The van der Waals surface area contributed by atoms with E-state index in [-0.39, 0.29) is 24.9 Å². The van der Waals surface area contributed by atoms with E-state index in [4.69, 9.17) is 15.5 Å². The Morgan fingerprint density at radius 1 is 1.43 bits per heavy atom. The number of pyridine rings is 1. The number of nitrogens with zero attached hydrogens (tertiary/aromatic N) is 1. The number of aromatic nitrogens is 1. The molecule has 0 radical (unpaired) electrons. The zero-order chi connectivity index (χ0) is 16.8. The van der Waals surface area contributed by atoms with Crippen LogP contribution in [0.1, 0.15) is 31.4 Å². The molecule has 1 aliphatic rings. The molecule has 9 heteroatoms. The van der Waals surface area contributed by atoms with Crippen molar-refractivity contribution < 1.29 is 24.4 Å². The molecule has 0 saturated carbocycles. The van der Waals surface area contributed by atoms with Gasteiger partial charge in [0.05, 0.1) is 18.1 Å². The maximum atomic E-state index is 12.0. The van der Waals surface area contributed by atoms with Crippen LogP contribution in [0.25, 0.3) is 0 Å². The van der Waals surface area contributed by atoms with Crippen molar-refractivity contribution in [3.63, 3.8) is 0 Å². The van der Waals surface area contributed by atoms with Crippen LogP contribution < -0.4 is 11.1 Å². The third kappa shape index (κ3) is 5.53. The molecular weight excluding hydrogens is 301 g/mol. The van der Waals surface area contributed by atoms with Crippen LogP contribution >= 0.6 is 0 Å². The summed E-state index contributed by atoms with van der Waals surface area (Å²) in [6.07, 6.45) is 1.23. The van der Waals surface area contributed by atoms with E-state index in [9.17, 15) is 14.6 Å². The van der Waals surface area contributed by atoms with Crippen LogP contribution in [0.15, 0.2) is 18.2 Å². The average molecular weight is 321 g/mol. The van der Waals surface area contributed by atoms with Crippen molar-refractivity contribution in [3.05, 3.63) is 23.9 Å². The molecule has 1 saturated heterocycles. The number of anilines is 1. The van der Waals surface area contributed by atoms with Gasteiger partial charge in [0.2, 0.25) is 5.91 Å². The highest BCUT2D eigenvalue weighted by Gasteiger charge is 2.35. The van der Waals surface area contributed by atoms with E-state index in [1.165, 1.54) is 0 Å². The normalized spacial score (nSPS) is 21.0. The van der Waals surface area contributed by atoms with Crippen molar-refractivity contribution in [3.8, 4) is 0 Å². The van der Waals surface area contributed by atoms with Crippen molar-refractivity contribution in [2.75, 3.05) is 5.73 Å². The van der Waals surface area contributed by atoms with Crippen LogP contribution in [0, 0.1) is 0 Å². The Morgan fingerprint density at radius 3 is 2.87 bits per heavy atom. The molecule has 8 nitrogen and oxygen atoms in total. The van der Waals surface area contributed by atoms with Crippen molar-refractivity contribution in [1.82, 2.24) is 10.3 Å². The highest BCUT2D eigenvalue weighted by molar-refractivity contribution is 6.45. The number of carboxylic acids is 1. The molecule has 1 aliphatic heterocycles. The molecule has 23 heavy (non-hydrogen) atoms. The van der Waals surface area contributed by atoms with Crippen LogP contribution in [0.5, 0.6) is 0 Å². The molecule has 124 valence electrons. The lowest BCUT2D eigenvalue weighted by Gasteiger charge is -2.31. The van der Waals surface area contributed by atoms with E-state index in [0.717, 1.165) is 0 Å². The summed E-state index contributed by atoms with van der Waals surface area (Å²) >= 11 is 0. The molecule has 1 aromatic heterocycles. The number of hydrogen-bond acceptors (Lipinski definition) is 6. The molecule has 0 aromatic carbocycles. The van der Waals surface area contributed by atoms with Gasteiger partial charge in [-0.2, -0.15) is 0 Å². The number of amides is 1. The number of hydrogen-bond donors (Lipinski definition) is 4. The summed E-state index contributed by atoms with van der Waals surface area (Å²) in [6.45, 7) is 0. The minimum absolute atomic E-state index is 0.00445. The smallest absolute Gasteiger partial charge is 0.478 e. The maximum Gasteiger partial charge on any atom is 0.478 e. The first-order valence-corrected chi connectivity index (χ1v) is 7.50. The Kier molecular flexibility index (Phi) is 5.94. The molecule has 5 N–H and O–H groups in total. The zero-order valence-corrected chi connectivity index (χ0v) is 12.6. The van der Waals surface area contributed by atoms with Gasteiger partial charge in [-0.3, -0.25) is 9.59 Å². The highest BCUT2D eigenvalue weighted by Crippen LogP contribution is 2.19. The van der Waals surface area contributed by atoms with E-state index in [2.05, 4.69) is 10.3 Å². The number of rotatable bonds is 6. The van der Waals surface area contributed by atoms with E-state index < -0.39 is 19.0 Å². The number of carbonyl (C=O) groups is 2. The quantitative estimate of drug-likeness (QED) is 0.531. The molecule has 2 atom stereocenters. The lowest BCUT2D eigenvalue weighted by atomic mass is 9.72. The maximum absolute atomic E-state index is 12.0. The van der Waals surface area contributed by atoms with Crippen LogP contribution in [0.2, 0.25) is 0 Å². The lowest BCUT2D eigenvalue weighted by Crippen LogP contribution is -2.53. The van der Waals surface area contributed by atoms with Gasteiger partial charge in [-0.25, -0.2) is 4.98 Å². The minimum Gasteiger partial charge on any atom is -0.481 e. The third-order valence-corrected chi connectivity index (χ3v) is 3.67. The van der Waals surface area contributed by atoms with Crippen molar-refractivity contribution in [1.29, 1.82) is 0 Å². The number of nitrogen functional groups attached to an aromatic ring is 1. The minimum atomic E-state index is -1.14. The number of carbonyl (C=O) groups excluding carboxylic acids is 1. The standard InChI is InChI=1S/C14H20BN3O5/c16-12-3-1-2-9(17-12)8-13(19)18-11-6-4-10(23-15(11)22)5-7-14(20)21/h1-3,10-11,22H,4-8H2,(H2,16,17)(H,18,19)(H,20,21)/t10-,11-/m0/s1. The van der Waals surface area contributed by atoms with Crippen molar-refractivity contribution in [2.45, 2.75) is 44.1 Å². The predicted molar refractivity (Wildman–Crippen MR) is 83.2 cm³/mol. The second-order valence-electron chi connectivity index (χ2n) is 5.56. The number of nitrogens with one attached hydrogen (secondary N) is 1. The van der Waals surface area contributed by atoms with E-state index in [0.29, 0.717) is 30.8 Å². The summed E-state index contributed by atoms with van der Waals surface area (Å²) < 4.78 is 5.36. The van der Waals surface area contributed by atoms with Gasteiger partial charge in [0.1, 0.15) is 5.82 Å². The van der Waals surface area contributed by atoms with Crippen LogP contribution in [0.4, 0.5) is 5.82 Å². The molecule has 1 amide bonds. The van der Waals surface area contributed by atoms with Gasteiger partial charge in [0.15, 0.2) is 0 Å². The van der Waals surface area contributed by atoms with Gasteiger partial charge < -0.3 is 25.8 Å². The third-order valence-electron chi connectivity index (χ3n) is 3.67. The zero-order valence-electron chi connectivity index (χ0n) is 12.6. The molecule has 1 fully saturated rings. The van der Waals surface area contributed by atoms with Crippen molar-refractivity contribution in [2.24, 2.45) is 0 Å². The Balaban J connectivity index is 1.79. The molecule has 2 heterocycles. The van der Waals surface area contributed by atoms with Gasteiger partial charge in [0.25, 0.3) is 0 Å². The van der Waals surface area contributed by atoms with Crippen LogP contribution in [-0.2, 0) is 20.7 Å². The molecule has 2 rings (SSSR count). The summed E-state index contributed by atoms with van der Waals surface area (Å²) in [4.78, 5) is 26.6. The summed E-state index contributed by atoms with van der Waals surface area (Å²) in [7, 11) is -1.14. The van der Waals surface area contributed by atoms with E-state index in [1.54, 1.807) is 18.2 Å². The van der Waals surface area contributed by atoms with Crippen LogP contribution in [-0.4, -0.2) is 46.2 Å². The van der Waals surface area contributed by atoms with Crippen LogP contribution in [0.3, 0.4) is 0 Å². The first-order chi connectivity index (χ1) is 10.9. The molecule has 0 spiro atoms. The first kappa shape index (κ1) is 17.2. The monoisotopic (exact) mass is 321 g/mol. The largest absolute Gasteiger partial charge is 0.481 e. The average Bonchev–Trinajstić information content (AvgIpc) is 2.47. The summed E-state index contributed by atoms with van der Waals surface area (Å²) in [5.74, 6) is -1.34. The molecule has 1 aromatic rings. The number of aliphatic carboxylic acids is 1. The fourth-order valence-corrected chi connectivity index (χ4v) is 2.53. The summed E-state index contributed by atoms with van der Waals surface area (Å²) in [5, 5.41) is 21.3. The summed E-state index contributed by atoms with van der Waals surface area (Å²) in [6, 6.07) is 5.06. The topological polar surface area (TPSA) is 135 Å². The second kappa shape index (κ2) is 7.93. The molecule has 0 bridgehead atoms. The van der Waals surface area contributed by atoms with Crippen molar-refractivity contribution >= 4 is 24.8 Å². The second-order valence-corrected chi connectivity index (χ2v) is 5.56. The van der Waals surface area contributed by atoms with Gasteiger partial charge in [-0.15, -0.1) is 0 Å². The van der Waals surface area contributed by atoms with E-state index >= 15 is 0 Å². The Bertz CT molecular complexity index is 571. The van der Waals surface area contributed by atoms with Gasteiger partial charge in [-0.05, 0) is 31.4 Å². The number of nitrogens with two attached hydrogens (primary N) is 1. The molecule has 0 unspecified atom stereocenters. The Morgan fingerprint density at radius 2 is 2.22 bits per heavy atom. The fraction of sp³-hybridized carbons (Fsp3) is 0.500. The fourth-order valence-electron chi connectivity index (χ4n) is 2.53. The predicted octanol–water partition coefficient (Wildman–Crippen LogP) is -0.245. The Hall–Kier alpha value is -2.13. The SMILES string of the molecule is Nc1cccc(CC(=O)N[C@H]2CC[C@@H](CCC(=O)O)OB2O)n1. The lowest BCUT2D eigenvalue weighted by molar-refractivity contribution is -0.137. The van der Waals surface area contributed by atoms with Gasteiger partial charge >= 0.3 is 13.1 Å². The first-order valence-electron chi connectivity index (χ1n) is 7.50. The highest BCUT2D eigenvalue weighted by atomic mass is 16.5. The number of carboxylic acid groups (broad SMARTS) is 1. The summed E-state index contributed by atoms with van der Waals surface area (Å²) in [5.41, 5.74) is 6.11. The Labute approximate surface area is 134 Å². The molecular formula is C14H20BN3O5. The van der Waals surface area contributed by atoms with Gasteiger partial charge in [0, 0.05) is 12.5 Å². The molecule has 0 aliphatic carbocycles. The van der Waals surface area contributed by atoms with Gasteiger partial charge in [-0.1, -0.05) is 6.07 Å². The van der Waals surface area contributed by atoms with E-state index in [1.807, 2.05) is 0 Å².